The highest BCUT2D eigenvalue weighted by Crippen LogP contribution is 2.26. The molecule has 3 aromatic rings. The van der Waals surface area contributed by atoms with Crippen LogP contribution in [0.2, 0.25) is 0 Å². The van der Waals surface area contributed by atoms with Crippen LogP contribution in [0.4, 0.5) is 0 Å². The molecule has 1 atom stereocenters. The standard InChI is InChI=1S/C26H28O4/c1-19(20-9-11-22(12-10-20)21-7-5-4-6-8-21)17-18-29-23-13-15-24(16-14-23)30-26(2,3)25(27)28/h4-16,19H,17-18H2,1-3H3,(H,27,28)/t19-/m1/s1. The molecule has 156 valence electrons. The second-order valence-corrected chi connectivity index (χ2v) is 7.92. The SMILES string of the molecule is C[C@H](CCOc1ccc(OC(C)(C)C(=O)O)cc1)c1ccc(-c2ccccc2)cc1. The summed E-state index contributed by atoms with van der Waals surface area (Å²) in [6.45, 7) is 5.84. The van der Waals surface area contributed by atoms with Crippen molar-refractivity contribution < 1.29 is 19.4 Å². The lowest BCUT2D eigenvalue weighted by atomic mass is 9.95. The Bertz CT molecular complexity index is 945. The van der Waals surface area contributed by atoms with Crippen LogP contribution in [0.25, 0.3) is 11.1 Å². The quantitative estimate of drug-likeness (QED) is 0.463. The van der Waals surface area contributed by atoms with Crippen molar-refractivity contribution in [2.24, 2.45) is 0 Å². The second kappa shape index (κ2) is 9.49. The van der Waals surface area contributed by atoms with E-state index < -0.39 is 11.6 Å². The summed E-state index contributed by atoms with van der Waals surface area (Å²) in [7, 11) is 0. The van der Waals surface area contributed by atoms with Crippen molar-refractivity contribution >= 4 is 5.97 Å². The molecule has 0 unspecified atom stereocenters. The lowest BCUT2D eigenvalue weighted by molar-refractivity contribution is -0.152. The molecule has 0 saturated heterocycles. The van der Waals surface area contributed by atoms with Gasteiger partial charge in [-0.3, -0.25) is 0 Å². The largest absolute Gasteiger partial charge is 0.494 e. The van der Waals surface area contributed by atoms with Gasteiger partial charge in [-0.15, -0.1) is 0 Å². The average Bonchev–Trinajstić information content (AvgIpc) is 2.75. The highest BCUT2D eigenvalue weighted by Gasteiger charge is 2.29. The van der Waals surface area contributed by atoms with Gasteiger partial charge in [0, 0.05) is 0 Å². The van der Waals surface area contributed by atoms with Crippen molar-refractivity contribution in [1.29, 1.82) is 0 Å². The first kappa shape index (κ1) is 21.4. The maximum absolute atomic E-state index is 11.2. The zero-order valence-electron chi connectivity index (χ0n) is 17.7. The van der Waals surface area contributed by atoms with E-state index in [9.17, 15) is 4.79 Å². The summed E-state index contributed by atoms with van der Waals surface area (Å²) in [5.74, 6) is 0.617. The molecular formula is C26H28O4. The molecule has 0 saturated carbocycles. The van der Waals surface area contributed by atoms with Crippen LogP contribution in [0.3, 0.4) is 0 Å². The summed E-state index contributed by atoms with van der Waals surface area (Å²) in [4.78, 5) is 11.2. The molecule has 0 aliphatic carbocycles. The van der Waals surface area contributed by atoms with Crippen LogP contribution in [-0.2, 0) is 4.79 Å². The molecule has 1 N–H and O–H groups in total. The van der Waals surface area contributed by atoms with Gasteiger partial charge >= 0.3 is 5.97 Å². The first-order valence-electron chi connectivity index (χ1n) is 10.2. The predicted molar refractivity (Wildman–Crippen MR) is 119 cm³/mol. The Labute approximate surface area is 178 Å². The van der Waals surface area contributed by atoms with Crippen molar-refractivity contribution in [3.63, 3.8) is 0 Å². The molecule has 0 aliphatic rings. The van der Waals surface area contributed by atoms with Crippen LogP contribution in [0, 0.1) is 0 Å². The van der Waals surface area contributed by atoms with Crippen LogP contribution in [0.15, 0.2) is 78.9 Å². The lowest BCUT2D eigenvalue weighted by Gasteiger charge is -2.21. The van der Waals surface area contributed by atoms with Gasteiger partial charge in [0.25, 0.3) is 0 Å². The third kappa shape index (κ3) is 5.63. The summed E-state index contributed by atoms with van der Waals surface area (Å²) >= 11 is 0. The monoisotopic (exact) mass is 404 g/mol. The number of hydrogen-bond acceptors (Lipinski definition) is 3. The minimum absolute atomic E-state index is 0.383. The maximum Gasteiger partial charge on any atom is 0.347 e. The van der Waals surface area contributed by atoms with E-state index in [0.29, 0.717) is 18.3 Å². The normalized spacial score (nSPS) is 12.2. The zero-order valence-corrected chi connectivity index (χ0v) is 17.7. The second-order valence-electron chi connectivity index (χ2n) is 7.92. The van der Waals surface area contributed by atoms with Crippen molar-refractivity contribution in [3.8, 4) is 22.6 Å². The van der Waals surface area contributed by atoms with E-state index in [1.807, 2.05) is 6.07 Å². The van der Waals surface area contributed by atoms with Gasteiger partial charge in [0.2, 0.25) is 0 Å². The van der Waals surface area contributed by atoms with E-state index >= 15 is 0 Å². The summed E-state index contributed by atoms with van der Waals surface area (Å²) < 4.78 is 11.4. The van der Waals surface area contributed by atoms with E-state index in [2.05, 4.69) is 55.5 Å². The van der Waals surface area contributed by atoms with E-state index in [4.69, 9.17) is 14.6 Å². The Kier molecular flexibility index (Phi) is 6.78. The van der Waals surface area contributed by atoms with Crippen molar-refractivity contribution in [2.45, 2.75) is 38.7 Å². The minimum Gasteiger partial charge on any atom is -0.494 e. The maximum atomic E-state index is 11.2. The van der Waals surface area contributed by atoms with Gasteiger partial charge < -0.3 is 14.6 Å². The molecule has 0 spiro atoms. The average molecular weight is 405 g/mol. The highest BCUT2D eigenvalue weighted by atomic mass is 16.5. The van der Waals surface area contributed by atoms with Crippen molar-refractivity contribution in [1.82, 2.24) is 0 Å². The Balaban J connectivity index is 1.49. The van der Waals surface area contributed by atoms with Crippen molar-refractivity contribution in [3.05, 3.63) is 84.4 Å². The van der Waals surface area contributed by atoms with E-state index in [-0.39, 0.29) is 0 Å². The number of ether oxygens (including phenoxy) is 2. The molecular weight excluding hydrogens is 376 g/mol. The number of carboxylic acids is 1. The molecule has 3 rings (SSSR count). The highest BCUT2D eigenvalue weighted by molar-refractivity contribution is 5.76. The topological polar surface area (TPSA) is 55.8 Å². The fraction of sp³-hybridized carbons (Fsp3) is 0.269. The van der Waals surface area contributed by atoms with Gasteiger partial charge in [0.15, 0.2) is 5.60 Å². The molecule has 3 aromatic carbocycles. The fourth-order valence-electron chi connectivity index (χ4n) is 3.10. The summed E-state index contributed by atoms with van der Waals surface area (Å²) in [5.41, 5.74) is 2.46. The van der Waals surface area contributed by atoms with Gasteiger partial charge in [-0.1, -0.05) is 61.5 Å². The molecule has 0 fully saturated rings. The molecule has 4 heteroatoms. The van der Waals surface area contributed by atoms with Gasteiger partial charge in [-0.2, -0.15) is 0 Å². The molecule has 0 aliphatic heterocycles. The van der Waals surface area contributed by atoms with E-state index in [0.717, 1.165) is 12.2 Å². The number of aliphatic carboxylic acids is 1. The van der Waals surface area contributed by atoms with Crippen LogP contribution in [0.1, 0.15) is 38.7 Å². The fourth-order valence-corrected chi connectivity index (χ4v) is 3.10. The zero-order chi connectivity index (χ0) is 21.6. The van der Waals surface area contributed by atoms with Gasteiger partial charge in [-0.25, -0.2) is 4.79 Å². The van der Waals surface area contributed by atoms with Crippen LogP contribution < -0.4 is 9.47 Å². The number of hydrogen-bond donors (Lipinski definition) is 1. The number of benzene rings is 3. The van der Waals surface area contributed by atoms with E-state index in [1.165, 1.54) is 30.5 Å². The first-order valence-corrected chi connectivity index (χ1v) is 10.2. The third-order valence-electron chi connectivity index (χ3n) is 5.12. The predicted octanol–water partition coefficient (Wildman–Crippen LogP) is 6.17. The minimum atomic E-state index is -1.27. The number of carboxylic acid groups (broad SMARTS) is 1. The lowest BCUT2D eigenvalue weighted by Crippen LogP contribution is -2.37. The molecule has 30 heavy (non-hydrogen) atoms. The molecule has 0 aromatic heterocycles. The Morgan fingerprint density at radius 2 is 1.43 bits per heavy atom. The van der Waals surface area contributed by atoms with Crippen LogP contribution >= 0.6 is 0 Å². The molecule has 0 heterocycles. The third-order valence-corrected chi connectivity index (χ3v) is 5.12. The summed E-state index contributed by atoms with van der Waals surface area (Å²) in [6.07, 6.45) is 0.898. The Hall–Kier alpha value is -3.27. The molecule has 0 amide bonds. The molecule has 0 bridgehead atoms. The Morgan fingerprint density at radius 1 is 0.867 bits per heavy atom. The van der Waals surface area contributed by atoms with E-state index in [1.54, 1.807) is 24.3 Å². The van der Waals surface area contributed by atoms with Crippen LogP contribution in [-0.4, -0.2) is 23.3 Å². The Morgan fingerprint density at radius 3 is 2.03 bits per heavy atom. The summed E-state index contributed by atoms with van der Waals surface area (Å²) in [6, 6.07) is 26.1. The molecule has 0 radical (unpaired) electrons. The van der Waals surface area contributed by atoms with Gasteiger partial charge in [-0.05, 0) is 67.1 Å². The first-order chi connectivity index (χ1) is 14.3. The van der Waals surface area contributed by atoms with Crippen LogP contribution in [0.5, 0.6) is 11.5 Å². The van der Waals surface area contributed by atoms with Gasteiger partial charge in [0.05, 0.1) is 6.61 Å². The van der Waals surface area contributed by atoms with Gasteiger partial charge in [0.1, 0.15) is 11.5 Å². The number of carbonyl (C=O) groups is 1. The molecule has 4 nitrogen and oxygen atoms in total. The van der Waals surface area contributed by atoms with Crippen molar-refractivity contribution in [2.75, 3.05) is 6.61 Å². The number of rotatable bonds is 9. The summed E-state index contributed by atoms with van der Waals surface area (Å²) in [5, 5.41) is 9.14. The smallest absolute Gasteiger partial charge is 0.347 e.